The third kappa shape index (κ3) is 8.08. The summed E-state index contributed by atoms with van der Waals surface area (Å²) in [5, 5.41) is 2.74. The molecular formula is C29H35N3O5S. The van der Waals surface area contributed by atoms with Crippen molar-refractivity contribution in [2.45, 2.75) is 40.0 Å². The van der Waals surface area contributed by atoms with Gasteiger partial charge in [0.1, 0.15) is 24.9 Å². The summed E-state index contributed by atoms with van der Waals surface area (Å²) in [5.74, 6) is -0.221. The fourth-order valence-electron chi connectivity index (χ4n) is 3.86. The van der Waals surface area contributed by atoms with Gasteiger partial charge in [0.05, 0.1) is 11.9 Å². The summed E-state index contributed by atoms with van der Waals surface area (Å²) < 4.78 is 32.3. The van der Waals surface area contributed by atoms with Gasteiger partial charge in [0.15, 0.2) is 0 Å². The highest BCUT2D eigenvalue weighted by Gasteiger charge is 2.29. The molecule has 0 saturated heterocycles. The van der Waals surface area contributed by atoms with Crippen LogP contribution in [0.1, 0.15) is 30.5 Å². The van der Waals surface area contributed by atoms with E-state index in [1.165, 1.54) is 4.90 Å². The Kier molecular flexibility index (Phi) is 9.90. The first-order valence-electron chi connectivity index (χ1n) is 12.5. The largest absolute Gasteiger partial charge is 0.489 e. The molecule has 0 aliphatic heterocycles. The second kappa shape index (κ2) is 13.1. The van der Waals surface area contributed by atoms with Crippen LogP contribution in [0.3, 0.4) is 0 Å². The molecule has 3 aromatic rings. The van der Waals surface area contributed by atoms with Crippen molar-refractivity contribution in [2.24, 2.45) is 0 Å². The minimum atomic E-state index is -3.80. The highest BCUT2D eigenvalue weighted by Crippen LogP contribution is 2.23. The maximum atomic E-state index is 13.5. The number of carbonyl (C=O) groups is 2. The fourth-order valence-corrected chi connectivity index (χ4v) is 4.71. The highest BCUT2D eigenvalue weighted by atomic mass is 32.2. The van der Waals surface area contributed by atoms with Crippen LogP contribution in [0.25, 0.3) is 0 Å². The average Bonchev–Trinajstić information content (AvgIpc) is 2.90. The number of hydrogen-bond acceptors (Lipinski definition) is 5. The van der Waals surface area contributed by atoms with Gasteiger partial charge < -0.3 is 15.0 Å². The Hall–Kier alpha value is -3.85. The normalized spacial score (nSPS) is 11.9. The van der Waals surface area contributed by atoms with Crippen molar-refractivity contribution in [3.63, 3.8) is 0 Å². The van der Waals surface area contributed by atoms with Gasteiger partial charge in [0.25, 0.3) is 0 Å². The van der Waals surface area contributed by atoms with E-state index < -0.39 is 28.5 Å². The Bertz CT molecular complexity index is 1310. The van der Waals surface area contributed by atoms with Crippen molar-refractivity contribution in [1.82, 2.24) is 10.2 Å². The van der Waals surface area contributed by atoms with Crippen LogP contribution in [0.2, 0.25) is 0 Å². The van der Waals surface area contributed by atoms with Gasteiger partial charge in [-0.15, -0.1) is 0 Å². The molecule has 0 unspecified atom stereocenters. The number of nitrogens with one attached hydrogen (secondary N) is 1. The van der Waals surface area contributed by atoms with Crippen molar-refractivity contribution in [2.75, 3.05) is 23.7 Å². The molecule has 0 aromatic heterocycles. The van der Waals surface area contributed by atoms with Gasteiger partial charge in [0.2, 0.25) is 21.8 Å². The standard InChI is InChI=1S/C29H35N3O5S/c1-5-30-29(34)23(3)31(19-24-13-11-22(2)12-14-24)28(33)20-32(38(4,35)36)26-15-17-27(18-16-26)37-21-25-9-7-6-8-10-25/h6-18,23H,5,19-21H2,1-4H3,(H,30,34)/t23-/m1/s1. The molecule has 1 N–H and O–H groups in total. The molecule has 2 amide bonds. The number of amides is 2. The lowest BCUT2D eigenvalue weighted by Crippen LogP contribution is -2.51. The molecule has 1 atom stereocenters. The second-order valence-corrected chi connectivity index (χ2v) is 11.0. The van der Waals surface area contributed by atoms with E-state index in [0.717, 1.165) is 27.3 Å². The molecule has 0 spiro atoms. The topological polar surface area (TPSA) is 96.0 Å². The number of ether oxygens (including phenoxy) is 1. The molecule has 3 rings (SSSR count). The molecule has 3 aromatic carbocycles. The molecule has 0 aliphatic rings. The van der Waals surface area contributed by atoms with Crippen molar-refractivity contribution in [1.29, 1.82) is 0 Å². The number of nitrogens with zero attached hydrogens (tertiary/aromatic N) is 2. The highest BCUT2D eigenvalue weighted by molar-refractivity contribution is 7.92. The van der Waals surface area contributed by atoms with Crippen molar-refractivity contribution in [3.05, 3.63) is 95.6 Å². The van der Waals surface area contributed by atoms with Crippen LogP contribution in [0.5, 0.6) is 5.75 Å². The Balaban J connectivity index is 1.80. The molecule has 0 aliphatic carbocycles. The van der Waals surface area contributed by atoms with Crippen LogP contribution in [0.4, 0.5) is 5.69 Å². The second-order valence-electron chi connectivity index (χ2n) is 9.12. The Morgan fingerprint density at radius 1 is 0.921 bits per heavy atom. The quantitative estimate of drug-likeness (QED) is 0.378. The van der Waals surface area contributed by atoms with Crippen LogP contribution < -0.4 is 14.4 Å². The Morgan fingerprint density at radius 2 is 1.55 bits per heavy atom. The van der Waals surface area contributed by atoms with Crippen LogP contribution in [0.15, 0.2) is 78.9 Å². The number of anilines is 1. The lowest BCUT2D eigenvalue weighted by molar-refractivity contribution is -0.139. The first-order valence-corrected chi connectivity index (χ1v) is 14.3. The van der Waals surface area contributed by atoms with E-state index in [9.17, 15) is 18.0 Å². The smallest absolute Gasteiger partial charge is 0.244 e. The number of sulfonamides is 1. The minimum absolute atomic E-state index is 0.168. The summed E-state index contributed by atoms with van der Waals surface area (Å²) in [6, 6.07) is 23.1. The summed E-state index contributed by atoms with van der Waals surface area (Å²) >= 11 is 0. The minimum Gasteiger partial charge on any atom is -0.489 e. The average molecular weight is 538 g/mol. The molecule has 202 valence electrons. The summed E-state index contributed by atoms with van der Waals surface area (Å²) in [7, 11) is -3.80. The van der Waals surface area contributed by atoms with Crippen LogP contribution in [-0.2, 0) is 32.8 Å². The van der Waals surface area contributed by atoms with Gasteiger partial charge >= 0.3 is 0 Å². The maximum absolute atomic E-state index is 13.5. The van der Waals surface area contributed by atoms with Gasteiger partial charge in [-0.2, -0.15) is 0 Å². The van der Waals surface area contributed by atoms with E-state index in [1.807, 2.05) is 61.5 Å². The van der Waals surface area contributed by atoms with E-state index in [1.54, 1.807) is 38.1 Å². The van der Waals surface area contributed by atoms with Gasteiger partial charge in [-0.25, -0.2) is 8.42 Å². The molecule has 0 saturated carbocycles. The molecule has 0 bridgehead atoms. The first kappa shape index (κ1) is 28.7. The van der Waals surface area contributed by atoms with Gasteiger partial charge in [0, 0.05) is 13.1 Å². The van der Waals surface area contributed by atoms with Crippen molar-refractivity contribution >= 4 is 27.5 Å². The SMILES string of the molecule is CCNC(=O)[C@@H](C)N(Cc1ccc(C)cc1)C(=O)CN(c1ccc(OCc2ccccc2)cc1)S(C)(=O)=O. The number of rotatable bonds is 12. The fraction of sp³-hybridized carbons (Fsp3) is 0.310. The maximum Gasteiger partial charge on any atom is 0.244 e. The first-order chi connectivity index (χ1) is 18.1. The third-order valence-electron chi connectivity index (χ3n) is 6.04. The van der Waals surface area contributed by atoms with Crippen molar-refractivity contribution in [3.8, 4) is 5.75 Å². The Morgan fingerprint density at radius 3 is 2.13 bits per heavy atom. The van der Waals surface area contributed by atoms with E-state index in [2.05, 4.69) is 5.32 Å². The predicted octanol–water partition coefficient (Wildman–Crippen LogP) is 3.89. The molecule has 9 heteroatoms. The number of hydrogen-bond donors (Lipinski definition) is 1. The molecule has 0 heterocycles. The summed E-state index contributed by atoms with van der Waals surface area (Å²) in [5.41, 5.74) is 3.25. The van der Waals surface area contributed by atoms with Crippen molar-refractivity contribution < 1.29 is 22.7 Å². The summed E-state index contributed by atoms with van der Waals surface area (Å²) in [4.78, 5) is 27.6. The Labute approximate surface area is 225 Å². The van der Waals surface area contributed by atoms with Gasteiger partial charge in [-0.3, -0.25) is 13.9 Å². The number of carbonyl (C=O) groups excluding carboxylic acids is 2. The van der Waals surface area contributed by atoms with Gasteiger partial charge in [-0.1, -0.05) is 60.2 Å². The predicted molar refractivity (Wildman–Crippen MR) is 149 cm³/mol. The molecule has 38 heavy (non-hydrogen) atoms. The molecule has 0 fully saturated rings. The van der Waals surface area contributed by atoms with E-state index in [-0.39, 0.29) is 12.5 Å². The van der Waals surface area contributed by atoms with Crippen LogP contribution in [-0.4, -0.2) is 50.5 Å². The lowest BCUT2D eigenvalue weighted by atomic mass is 10.1. The molecular weight excluding hydrogens is 502 g/mol. The molecule has 0 radical (unpaired) electrons. The van der Waals surface area contributed by atoms with E-state index in [0.29, 0.717) is 24.6 Å². The number of likely N-dealkylation sites (N-methyl/N-ethyl adjacent to an activating group) is 1. The van der Waals surface area contributed by atoms with E-state index in [4.69, 9.17) is 4.74 Å². The summed E-state index contributed by atoms with van der Waals surface area (Å²) in [6.45, 7) is 5.92. The van der Waals surface area contributed by atoms with E-state index >= 15 is 0 Å². The van der Waals surface area contributed by atoms with Crippen LogP contribution in [0, 0.1) is 6.92 Å². The zero-order chi connectivity index (χ0) is 27.7. The monoisotopic (exact) mass is 537 g/mol. The zero-order valence-corrected chi connectivity index (χ0v) is 23.1. The number of aryl methyl sites for hydroxylation is 1. The zero-order valence-electron chi connectivity index (χ0n) is 22.3. The number of benzene rings is 3. The van der Waals surface area contributed by atoms with Gasteiger partial charge in [-0.05, 0) is 56.2 Å². The lowest BCUT2D eigenvalue weighted by Gasteiger charge is -2.31. The summed E-state index contributed by atoms with van der Waals surface area (Å²) in [6.07, 6.45) is 1.05. The van der Waals surface area contributed by atoms with Crippen LogP contribution >= 0.6 is 0 Å². The molecule has 8 nitrogen and oxygen atoms in total. The third-order valence-corrected chi connectivity index (χ3v) is 7.18.